The second kappa shape index (κ2) is 9.11. The summed E-state index contributed by atoms with van der Waals surface area (Å²) in [4.78, 5) is 12.4. The van der Waals surface area contributed by atoms with Crippen molar-refractivity contribution in [3.63, 3.8) is 0 Å². The third-order valence-electron chi connectivity index (χ3n) is 4.42. The Bertz CT molecular complexity index is 511. The van der Waals surface area contributed by atoms with Crippen molar-refractivity contribution in [2.24, 2.45) is 5.41 Å². The zero-order chi connectivity index (χ0) is 16.0. The van der Waals surface area contributed by atoms with E-state index in [9.17, 15) is 4.79 Å². The molecule has 1 aromatic carbocycles. The Labute approximate surface area is 144 Å². The molecule has 130 valence electrons. The molecular weight excluding hydrogens is 316 g/mol. The van der Waals surface area contributed by atoms with E-state index in [0.717, 1.165) is 37.2 Å². The van der Waals surface area contributed by atoms with Crippen molar-refractivity contribution in [2.75, 3.05) is 40.5 Å². The Morgan fingerprint density at radius 1 is 1.30 bits per heavy atom. The maximum absolute atomic E-state index is 12.4. The molecule has 0 aliphatic carbocycles. The summed E-state index contributed by atoms with van der Waals surface area (Å²) >= 11 is 0. The minimum absolute atomic E-state index is 0. The zero-order valence-electron chi connectivity index (χ0n) is 14.1. The average Bonchev–Trinajstić information content (AvgIpc) is 2.54. The van der Waals surface area contributed by atoms with Gasteiger partial charge in [0.2, 0.25) is 0 Å². The van der Waals surface area contributed by atoms with Crippen LogP contribution in [0.5, 0.6) is 5.75 Å². The first-order chi connectivity index (χ1) is 10.6. The van der Waals surface area contributed by atoms with Gasteiger partial charge in [0.15, 0.2) is 0 Å². The van der Waals surface area contributed by atoms with E-state index in [1.165, 1.54) is 0 Å². The first-order valence-corrected chi connectivity index (χ1v) is 7.73. The number of amides is 1. The summed E-state index contributed by atoms with van der Waals surface area (Å²) < 4.78 is 10.6. The monoisotopic (exact) mass is 342 g/mol. The van der Waals surface area contributed by atoms with Crippen LogP contribution in [0.15, 0.2) is 18.2 Å². The Hall–Kier alpha value is -1.30. The summed E-state index contributed by atoms with van der Waals surface area (Å²) in [6.07, 6.45) is 2.03. The molecule has 2 N–H and O–H groups in total. The molecule has 1 aliphatic rings. The van der Waals surface area contributed by atoms with E-state index in [0.29, 0.717) is 18.7 Å². The molecule has 0 bridgehead atoms. The molecule has 2 rings (SSSR count). The van der Waals surface area contributed by atoms with E-state index < -0.39 is 0 Å². The number of hydrogen-bond acceptors (Lipinski definition) is 4. The summed E-state index contributed by atoms with van der Waals surface area (Å²) in [6, 6.07) is 5.51. The molecule has 5 nitrogen and oxygen atoms in total. The first kappa shape index (κ1) is 19.7. The smallest absolute Gasteiger partial charge is 0.251 e. The van der Waals surface area contributed by atoms with Crippen LogP contribution in [0.3, 0.4) is 0 Å². The van der Waals surface area contributed by atoms with E-state index in [1.807, 2.05) is 25.1 Å². The lowest BCUT2D eigenvalue weighted by Crippen LogP contribution is -2.47. The van der Waals surface area contributed by atoms with E-state index >= 15 is 0 Å². The molecule has 0 atom stereocenters. The number of aryl methyl sites for hydroxylation is 1. The Balaban J connectivity index is 0.00000264. The molecule has 1 aliphatic heterocycles. The van der Waals surface area contributed by atoms with Gasteiger partial charge in [0.1, 0.15) is 5.75 Å². The van der Waals surface area contributed by atoms with Crippen LogP contribution >= 0.6 is 12.4 Å². The number of rotatable bonds is 6. The molecule has 1 fully saturated rings. The van der Waals surface area contributed by atoms with Gasteiger partial charge in [-0.15, -0.1) is 12.4 Å². The zero-order valence-corrected chi connectivity index (χ0v) is 14.9. The number of ether oxygens (including phenoxy) is 2. The molecule has 0 saturated carbocycles. The van der Waals surface area contributed by atoms with Crippen LogP contribution in [-0.4, -0.2) is 46.4 Å². The predicted octanol–water partition coefficient (Wildman–Crippen LogP) is 2.17. The molecule has 1 aromatic rings. The molecule has 0 unspecified atom stereocenters. The van der Waals surface area contributed by atoms with Gasteiger partial charge in [-0.3, -0.25) is 4.79 Å². The molecule has 0 spiro atoms. The SMILES string of the molecule is COCC1(CNC(=O)c2ccc(OC)cc2C)CCNCC1.Cl. The van der Waals surface area contributed by atoms with E-state index in [-0.39, 0.29) is 23.7 Å². The van der Waals surface area contributed by atoms with E-state index in [4.69, 9.17) is 9.47 Å². The minimum Gasteiger partial charge on any atom is -0.497 e. The quantitative estimate of drug-likeness (QED) is 0.832. The number of carbonyl (C=O) groups excluding carboxylic acids is 1. The summed E-state index contributed by atoms with van der Waals surface area (Å²) in [6.45, 7) is 5.19. The number of piperidine rings is 1. The second-order valence-electron chi connectivity index (χ2n) is 6.05. The van der Waals surface area contributed by atoms with Crippen molar-refractivity contribution in [3.05, 3.63) is 29.3 Å². The van der Waals surface area contributed by atoms with Crippen LogP contribution in [0, 0.1) is 12.3 Å². The standard InChI is InChI=1S/C17H26N2O3.ClH/c1-13-10-14(22-3)4-5-15(13)16(20)19-11-17(12-21-2)6-8-18-9-7-17;/h4-5,10,18H,6-9,11-12H2,1-3H3,(H,19,20);1H. The second-order valence-corrected chi connectivity index (χ2v) is 6.05. The van der Waals surface area contributed by atoms with Crippen LogP contribution in [0.1, 0.15) is 28.8 Å². The number of nitrogens with one attached hydrogen (secondary N) is 2. The van der Waals surface area contributed by atoms with Gasteiger partial charge >= 0.3 is 0 Å². The summed E-state index contributed by atoms with van der Waals surface area (Å²) in [5, 5.41) is 6.44. The third-order valence-corrected chi connectivity index (χ3v) is 4.42. The Morgan fingerprint density at radius 2 is 2.00 bits per heavy atom. The molecule has 0 aromatic heterocycles. The fourth-order valence-electron chi connectivity index (χ4n) is 3.02. The highest BCUT2D eigenvalue weighted by Crippen LogP contribution is 2.28. The minimum atomic E-state index is -0.0332. The van der Waals surface area contributed by atoms with Crippen molar-refractivity contribution >= 4 is 18.3 Å². The number of hydrogen-bond donors (Lipinski definition) is 2. The lowest BCUT2D eigenvalue weighted by molar-refractivity contribution is 0.0511. The van der Waals surface area contributed by atoms with Gasteiger partial charge in [-0.1, -0.05) is 0 Å². The molecule has 0 radical (unpaired) electrons. The fourth-order valence-corrected chi connectivity index (χ4v) is 3.02. The van der Waals surface area contributed by atoms with E-state index in [1.54, 1.807) is 14.2 Å². The topological polar surface area (TPSA) is 59.6 Å². The number of carbonyl (C=O) groups is 1. The number of halogens is 1. The lowest BCUT2D eigenvalue weighted by atomic mass is 9.79. The molecular formula is C17H27ClN2O3. The Morgan fingerprint density at radius 3 is 2.57 bits per heavy atom. The largest absolute Gasteiger partial charge is 0.497 e. The van der Waals surface area contributed by atoms with Gasteiger partial charge in [0.05, 0.1) is 13.7 Å². The van der Waals surface area contributed by atoms with Crippen LogP contribution in [0.2, 0.25) is 0 Å². The van der Waals surface area contributed by atoms with Crippen LogP contribution in [0.25, 0.3) is 0 Å². The van der Waals surface area contributed by atoms with Gasteiger partial charge in [-0.05, 0) is 56.6 Å². The summed E-state index contributed by atoms with van der Waals surface area (Å²) in [5.41, 5.74) is 1.65. The van der Waals surface area contributed by atoms with Crippen molar-refractivity contribution < 1.29 is 14.3 Å². The van der Waals surface area contributed by atoms with Crippen molar-refractivity contribution in [1.29, 1.82) is 0 Å². The third kappa shape index (κ3) is 5.09. The Kier molecular flexibility index (Phi) is 7.82. The summed E-state index contributed by atoms with van der Waals surface area (Å²) in [7, 11) is 3.35. The number of methoxy groups -OCH3 is 2. The molecule has 1 amide bonds. The molecule has 1 heterocycles. The highest BCUT2D eigenvalue weighted by molar-refractivity contribution is 5.95. The van der Waals surface area contributed by atoms with Crippen molar-refractivity contribution in [1.82, 2.24) is 10.6 Å². The predicted molar refractivity (Wildman–Crippen MR) is 93.7 cm³/mol. The van der Waals surface area contributed by atoms with Gasteiger partial charge in [0.25, 0.3) is 5.91 Å². The van der Waals surface area contributed by atoms with Gasteiger partial charge in [-0.2, -0.15) is 0 Å². The highest BCUT2D eigenvalue weighted by atomic mass is 35.5. The normalized spacial score (nSPS) is 16.3. The van der Waals surface area contributed by atoms with Crippen molar-refractivity contribution in [2.45, 2.75) is 19.8 Å². The van der Waals surface area contributed by atoms with Crippen LogP contribution in [0.4, 0.5) is 0 Å². The van der Waals surface area contributed by atoms with Gasteiger partial charge in [0, 0.05) is 24.6 Å². The highest BCUT2D eigenvalue weighted by Gasteiger charge is 2.32. The van der Waals surface area contributed by atoms with Gasteiger partial charge in [-0.25, -0.2) is 0 Å². The van der Waals surface area contributed by atoms with Gasteiger partial charge < -0.3 is 20.1 Å². The van der Waals surface area contributed by atoms with Crippen LogP contribution in [-0.2, 0) is 4.74 Å². The fraction of sp³-hybridized carbons (Fsp3) is 0.588. The van der Waals surface area contributed by atoms with E-state index in [2.05, 4.69) is 10.6 Å². The molecule has 23 heavy (non-hydrogen) atoms. The average molecular weight is 343 g/mol. The van der Waals surface area contributed by atoms with Crippen LogP contribution < -0.4 is 15.4 Å². The maximum atomic E-state index is 12.4. The van der Waals surface area contributed by atoms with Crippen molar-refractivity contribution in [3.8, 4) is 5.75 Å². The molecule has 6 heteroatoms. The summed E-state index contributed by atoms with van der Waals surface area (Å²) in [5.74, 6) is 0.734. The molecule has 1 saturated heterocycles. The first-order valence-electron chi connectivity index (χ1n) is 7.73. The lowest BCUT2D eigenvalue weighted by Gasteiger charge is -2.37. The number of benzene rings is 1. The maximum Gasteiger partial charge on any atom is 0.251 e.